The van der Waals surface area contributed by atoms with Crippen LogP contribution in [0.5, 0.6) is 0 Å². The Morgan fingerprint density at radius 3 is 2.77 bits per heavy atom. The summed E-state index contributed by atoms with van der Waals surface area (Å²) in [6.07, 6.45) is 2.84. The van der Waals surface area contributed by atoms with Crippen LogP contribution in [-0.4, -0.2) is 52.0 Å². The molecule has 0 unspecified atom stereocenters. The van der Waals surface area contributed by atoms with Crippen molar-refractivity contribution in [1.29, 1.82) is 0 Å². The first kappa shape index (κ1) is 14.3. The third-order valence-electron chi connectivity index (χ3n) is 3.28. The predicted octanol–water partition coefficient (Wildman–Crippen LogP) is -0.249. The molecule has 116 valence electrons. The fraction of sp³-hybridized carbons (Fsp3) is 0.385. The lowest BCUT2D eigenvalue weighted by Crippen LogP contribution is -2.37. The first-order chi connectivity index (χ1) is 10.6. The van der Waals surface area contributed by atoms with E-state index in [9.17, 15) is 9.59 Å². The van der Waals surface area contributed by atoms with Crippen LogP contribution in [0, 0.1) is 0 Å². The average Bonchev–Trinajstić information content (AvgIpc) is 2.89. The van der Waals surface area contributed by atoms with E-state index in [1.165, 1.54) is 24.1 Å². The molecule has 1 aliphatic rings. The molecule has 0 bridgehead atoms. The molecule has 2 aromatic heterocycles. The molecule has 9 heteroatoms. The Morgan fingerprint density at radius 1 is 1.32 bits per heavy atom. The maximum absolute atomic E-state index is 12.2. The molecule has 0 atom stereocenters. The van der Waals surface area contributed by atoms with Gasteiger partial charge in [0.05, 0.1) is 13.2 Å². The Morgan fingerprint density at radius 2 is 2.05 bits per heavy atom. The van der Waals surface area contributed by atoms with Gasteiger partial charge in [0, 0.05) is 32.3 Å². The summed E-state index contributed by atoms with van der Waals surface area (Å²) in [4.78, 5) is 33.7. The average molecular weight is 304 g/mol. The predicted molar refractivity (Wildman–Crippen MR) is 79.3 cm³/mol. The van der Waals surface area contributed by atoms with Gasteiger partial charge in [-0.2, -0.15) is 4.68 Å². The Balaban J connectivity index is 1.90. The number of nitrogens with zero attached hydrogens (tertiary/aromatic N) is 4. The van der Waals surface area contributed by atoms with Gasteiger partial charge in [-0.25, -0.2) is 9.97 Å². The summed E-state index contributed by atoms with van der Waals surface area (Å²) in [6, 6.07) is 1.72. The first-order valence-electron chi connectivity index (χ1n) is 6.88. The van der Waals surface area contributed by atoms with Crippen molar-refractivity contribution in [1.82, 2.24) is 19.7 Å². The van der Waals surface area contributed by atoms with Crippen molar-refractivity contribution >= 4 is 17.4 Å². The minimum atomic E-state index is -0.373. The zero-order valence-corrected chi connectivity index (χ0v) is 12.1. The number of aromatic nitrogens is 4. The van der Waals surface area contributed by atoms with Crippen molar-refractivity contribution < 1.29 is 9.53 Å². The van der Waals surface area contributed by atoms with Gasteiger partial charge in [-0.15, -0.1) is 0 Å². The molecule has 1 saturated heterocycles. The highest BCUT2D eigenvalue weighted by atomic mass is 16.5. The molecule has 0 aliphatic carbocycles. The summed E-state index contributed by atoms with van der Waals surface area (Å²) in [6.45, 7) is 4.13. The Labute approximate surface area is 125 Å². The van der Waals surface area contributed by atoms with Crippen LogP contribution in [0.25, 0.3) is 5.82 Å². The quantitative estimate of drug-likeness (QED) is 0.810. The summed E-state index contributed by atoms with van der Waals surface area (Å²) >= 11 is 0. The summed E-state index contributed by atoms with van der Waals surface area (Å²) < 4.78 is 6.57. The van der Waals surface area contributed by atoms with Crippen LogP contribution < -0.4 is 15.8 Å². The Kier molecular flexibility index (Phi) is 3.88. The van der Waals surface area contributed by atoms with Crippen molar-refractivity contribution in [2.75, 3.05) is 36.5 Å². The van der Waals surface area contributed by atoms with Gasteiger partial charge < -0.3 is 15.0 Å². The van der Waals surface area contributed by atoms with Crippen LogP contribution in [0.2, 0.25) is 0 Å². The Bertz CT molecular complexity index is 731. The number of hydrogen-bond acceptors (Lipinski definition) is 6. The second kappa shape index (κ2) is 5.98. The molecule has 0 aromatic carbocycles. The van der Waals surface area contributed by atoms with E-state index >= 15 is 0 Å². The van der Waals surface area contributed by atoms with Gasteiger partial charge in [0.2, 0.25) is 5.91 Å². The van der Waals surface area contributed by atoms with E-state index in [-0.39, 0.29) is 17.2 Å². The maximum atomic E-state index is 12.2. The van der Waals surface area contributed by atoms with Gasteiger partial charge in [0.15, 0.2) is 5.82 Å². The fourth-order valence-electron chi connectivity index (χ4n) is 2.24. The number of anilines is 2. The second-order valence-corrected chi connectivity index (χ2v) is 4.84. The summed E-state index contributed by atoms with van der Waals surface area (Å²) in [5.41, 5.74) is -0.194. The monoisotopic (exact) mass is 304 g/mol. The maximum Gasteiger partial charge on any atom is 0.296 e. The molecular weight excluding hydrogens is 288 g/mol. The Hall–Kier alpha value is -2.68. The molecule has 2 aromatic rings. The summed E-state index contributed by atoms with van der Waals surface area (Å²) in [5.74, 6) is 0.842. The molecule has 9 nitrogen and oxygen atoms in total. The molecule has 1 fully saturated rings. The van der Waals surface area contributed by atoms with E-state index in [2.05, 4.69) is 25.3 Å². The van der Waals surface area contributed by atoms with Gasteiger partial charge in [-0.05, 0) is 0 Å². The number of carbonyl (C=O) groups is 1. The van der Waals surface area contributed by atoms with E-state index in [1.807, 2.05) is 0 Å². The van der Waals surface area contributed by atoms with Gasteiger partial charge in [-0.1, -0.05) is 0 Å². The number of H-pyrrole nitrogens is 1. The van der Waals surface area contributed by atoms with Gasteiger partial charge in [-0.3, -0.25) is 14.7 Å². The highest BCUT2D eigenvalue weighted by Crippen LogP contribution is 2.14. The lowest BCUT2D eigenvalue weighted by molar-refractivity contribution is -0.114. The zero-order chi connectivity index (χ0) is 15.5. The van der Waals surface area contributed by atoms with Gasteiger partial charge in [0.1, 0.15) is 17.8 Å². The minimum absolute atomic E-state index is 0.180. The molecule has 0 radical (unpaired) electrons. The van der Waals surface area contributed by atoms with Crippen molar-refractivity contribution in [3.05, 3.63) is 28.9 Å². The smallest absolute Gasteiger partial charge is 0.296 e. The summed E-state index contributed by atoms with van der Waals surface area (Å²) in [7, 11) is 0. The highest BCUT2D eigenvalue weighted by molar-refractivity contribution is 5.88. The largest absolute Gasteiger partial charge is 0.378 e. The number of carbonyl (C=O) groups excluding carboxylic acids is 1. The lowest BCUT2D eigenvalue weighted by Gasteiger charge is -2.27. The molecule has 0 spiro atoms. The van der Waals surface area contributed by atoms with E-state index in [0.29, 0.717) is 19.0 Å². The van der Waals surface area contributed by atoms with E-state index in [1.54, 1.807) is 6.07 Å². The fourth-order valence-corrected chi connectivity index (χ4v) is 2.24. The molecule has 2 N–H and O–H groups in total. The number of ether oxygens (including phenoxy) is 1. The number of hydrogen-bond donors (Lipinski definition) is 2. The van der Waals surface area contributed by atoms with Crippen LogP contribution in [0.1, 0.15) is 6.92 Å². The van der Waals surface area contributed by atoms with E-state index < -0.39 is 0 Å². The first-order valence-corrected chi connectivity index (χ1v) is 6.88. The van der Waals surface area contributed by atoms with Crippen molar-refractivity contribution in [2.24, 2.45) is 0 Å². The minimum Gasteiger partial charge on any atom is -0.378 e. The van der Waals surface area contributed by atoms with Crippen molar-refractivity contribution in [2.45, 2.75) is 6.92 Å². The van der Waals surface area contributed by atoms with Crippen LogP contribution in [0.3, 0.4) is 0 Å². The molecule has 22 heavy (non-hydrogen) atoms. The molecule has 1 amide bonds. The highest BCUT2D eigenvalue weighted by Gasteiger charge is 2.15. The third kappa shape index (κ3) is 2.84. The van der Waals surface area contributed by atoms with Crippen molar-refractivity contribution in [3.8, 4) is 5.82 Å². The van der Waals surface area contributed by atoms with Crippen LogP contribution in [0.4, 0.5) is 11.5 Å². The van der Waals surface area contributed by atoms with Gasteiger partial charge in [0.25, 0.3) is 5.56 Å². The molecule has 3 heterocycles. The number of aromatic amines is 1. The molecule has 1 aliphatic heterocycles. The summed E-state index contributed by atoms with van der Waals surface area (Å²) in [5, 5.41) is 5.25. The van der Waals surface area contributed by atoms with Gasteiger partial charge >= 0.3 is 0 Å². The van der Waals surface area contributed by atoms with Crippen molar-refractivity contribution in [3.63, 3.8) is 0 Å². The zero-order valence-electron chi connectivity index (χ0n) is 12.1. The SMILES string of the molecule is CC(=O)Nc1c[nH]n(-c2cc(N3CCOCC3)ncn2)c1=O. The molecule has 3 rings (SSSR count). The van der Waals surface area contributed by atoms with E-state index in [4.69, 9.17) is 4.74 Å². The topological polar surface area (TPSA) is 105 Å². The lowest BCUT2D eigenvalue weighted by atomic mass is 10.4. The van der Waals surface area contributed by atoms with Crippen LogP contribution in [0.15, 0.2) is 23.4 Å². The van der Waals surface area contributed by atoms with Crippen LogP contribution in [-0.2, 0) is 9.53 Å². The standard InChI is InChI=1S/C13H16N6O3/c1-9(20)17-10-7-16-19(13(10)21)12-6-11(14-8-15-12)18-2-4-22-5-3-18/h6-8,16H,2-5H2,1H3,(H,17,20). The second-order valence-electron chi connectivity index (χ2n) is 4.84. The van der Waals surface area contributed by atoms with Crippen LogP contribution >= 0.6 is 0 Å². The number of amides is 1. The number of rotatable bonds is 3. The normalized spacial score (nSPS) is 14.9. The molecular formula is C13H16N6O3. The molecule has 0 saturated carbocycles. The number of nitrogens with one attached hydrogen (secondary N) is 2. The number of morpholine rings is 1. The van der Waals surface area contributed by atoms with E-state index in [0.717, 1.165) is 18.9 Å². The third-order valence-corrected chi connectivity index (χ3v) is 3.28.